The Bertz CT molecular complexity index is 864. The zero-order valence-corrected chi connectivity index (χ0v) is 17.8. The molecule has 0 saturated carbocycles. The Labute approximate surface area is 177 Å². The Hall–Kier alpha value is -2.53. The molecule has 1 fully saturated rings. The molecule has 0 aliphatic carbocycles. The van der Waals surface area contributed by atoms with Gasteiger partial charge < -0.3 is 15.0 Å². The van der Waals surface area contributed by atoms with E-state index in [0.29, 0.717) is 30.1 Å². The molecule has 3 rings (SSSR count). The summed E-state index contributed by atoms with van der Waals surface area (Å²) in [5.41, 5.74) is 0.981. The summed E-state index contributed by atoms with van der Waals surface area (Å²) in [7, 11) is 0. The second-order valence-electron chi connectivity index (χ2n) is 8.29. The van der Waals surface area contributed by atoms with E-state index in [0.717, 1.165) is 5.56 Å². The van der Waals surface area contributed by atoms with Crippen LogP contribution >= 0.6 is 11.6 Å². The molecule has 2 unspecified atom stereocenters. The van der Waals surface area contributed by atoms with E-state index >= 15 is 0 Å². The van der Waals surface area contributed by atoms with Gasteiger partial charge in [-0.1, -0.05) is 54.1 Å². The van der Waals surface area contributed by atoms with Crippen LogP contribution in [0.15, 0.2) is 54.6 Å². The number of likely N-dealkylation sites (tertiary alicyclic amines) is 1. The van der Waals surface area contributed by atoms with E-state index in [2.05, 4.69) is 5.32 Å². The van der Waals surface area contributed by atoms with Crippen LogP contribution in [0.2, 0.25) is 5.02 Å². The molecule has 2 atom stereocenters. The van der Waals surface area contributed by atoms with Crippen LogP contribution in [-0.2, 0) is 4.74 Å². The molecule has 1 aliphatic rings. The summed E-state index contributed by atoms with van der Waals surface area (Å²) in [5.74, 6) is -0.240. The summed E-state index contributed by atoms with van der Waals surface area (Å²) >= 11 is 6.19. The van der Waals surface area contributed by atoms with Gasteiger partial charge in [-0.3, -0.25) is 4.79 Å². The number of rotatable bonds is 3. The number of halogens is 1. The molecular formula is C23H27ClN2O3. The van der Waals surface area contributed by atoms with E-state index in [1.807, 2.05) is 51.1 Å². The maximum absolute atomic E-state index is 12.8. The molecule has 1 aliphatic heterocycles. The molecule has 1 heterocycles. The molecule has 0 aromatic heterocycles. The summed E-state index contributed by atoms with van der Waals surface area (Å²) in [6.45, 7) is 6.57. The lowest BCUT2D eigenvalue weighted by molar-refractivity contribution is 0.0177. The number of amides is 2. The number of ether oxygens (including phenoxy) is 1. The molecule has 0 bridgehead atoms. The van der Waals surface area contributed by atoms with E-state index in [1.54, 1.807) is 29.2 Å². The zero-order valence-electron chi connectivity index (χ0n) is 17.0. The number of benzene rings is 2. The molecule has 0 spiro atoms. The standard InChI is InChI=1S/C23H27ClN2O3/c1-23(2,3)29-22(28)26-14-13-20(18(15-26)16-9-5-4-6-10-16)25-21(27)17-11-7-8-12-19(17)24/h4-12,18,20H,13-15H2,1-3H3,(H,25,27). The summed E-state index contributed by atoms with van der Waals surface area (Å²) in [4.78, 5) is 27.1. The summed E-state index contributed by atoms with van der Waals surface area (Å²) in [6.07, 6.45) is 0.309. The highest BCUT2D eigenvalue weighted by atomic mass is 35.5. The Morgan fingerprint density at radius 2 is 1.72 bits per heavy atom. The second-order valence-corrected chi connectivity index (χ2v) is 8.70. The average molecular weight is 415 g/mol. The van der Waals surface area contributed by atoms with Crippen molar-refractivity contribution in [2.45, 2.75) is 44.8 Å². The minimum absolute atomic E-state index is 0.0380. The van der Waals surface area contributed by atoms with Crippen LogP contribution in [0, 0.1) is 0 Å². The fraction of sp³-hybridized carbons (Fsp3) is 0.391. The van der Waals surface area contributed by atoms with Gasteiger partial charge in [-0.15, -0.1) is 0 Å². The van der Waals surface area contributed by atoms with Crippen LogP contribution in [0.1, 0.15) is 49.0 Å². The topological polar surface area (TPSA) is 58.6 Å². The number of hydrogen-bond donors (Lipinski definition) is 1. The quantitative estimate of drug-likeness (QED) is 0.779. The van der Waals surface area contributed by atoms with Crippen molar-refractivity contribution >= 4 is 23.6 Å². The molecule has 2 aromatic rings. The van der Waals surface area contributed by atoms with E-state index < -0.39 is 5.60 Å². The fourth-order valence-corrected chi connectivity index (χ4v) is 3.77. The number of carbonyl (C=O) groups excluding carboxylic acids is 2. The molecule has 154 valence electrons. The van der Waals surface area contributed by atoms with Crippen LogP contribution in [0.4, 0.5) is 4.79 Å². The maximum atomic E-state index is 12.8. The van der Waals surface area contributed by atoms with Crippen LogP contribution in [-0.4, -0.2) is 41.6 Å². The predicted octanol–water partition coefficient (Wildman–Crippen LogP) is 4.86. The van der Waals surface area contributed by atoms with Gasteiger partial charge in [-0.25, -0.2) is 4.79 Å². The first-order valence-corrected chi connectivity index (χ1v) is 10.2. The first-order valence-electron chi connectivity index (χ1n) is 9.83. The molecule has 6 heteroatoms. The van der Waals surface area contributed by atoms with Gasteiger partial charge in [0.25, 0.3) is 5.91 Å². The van der Waals surface area contributed by atoms with Crippen molar-refractivity contribution in [1.82, 2.24) is 10.2 Å². The Kier molecular flexibility index (Phi) is 6.48. The lowest BCUT2D eigenvalue weighted by Crippen LogP contribution is -2.52. The number of hydrogen-bond acceptors (Lipinski definition) is 3. The number of piperidine rings is 1. The third kappa shape index (κ3) is 5.51. The summed E-state index contributed by atoms with van der Waals surface area (Å²) in [5, 5.41) is 3.55. The molecule has 1 saturated heterocycles. The van der Waals surface area contributed by atoms with Gasteiger partial charge in [0, 0.05) is 25.0 Å². The molecule has 0 radical (unpaired) electrons. The predicted molar refractivity (Wildman–Crippen MR) is 114 cm³/mol. The van der Waals surface area contributed by atoms with Gasteiger partial charge in [-0.2, -0.15) is 0 Å². The van der Waals surface area contributed by atoms with E-state index in [4.69, 9.17) is 16.3 Å². The molecule has 29 heavy (non-hydrogen) atoms. The molecule has 1 N–H and O–H groups in total. The summed E-state index contributed by atoms with van der Waals surface area (Å²) in [6, 6.07) is 16.8. The Morgan fingerprint density at radius 1 is 1.07 bits per heavy atom. The van der Waals surface area contributed by atoms with Gasteiger partial charge in [0.15, 0.2) is 0 Å². The van der Waals surface area contributed by atoms with Crippen molar-refractivity contribution in [1.29, 1.82) is 0 Å². The normalized spacial score (nSPS) is 19.5. The molecule has 2 amide bonds. The van der Waals surface area contributed by atoms with Crippen LogP contribution in [0.3, 0.4) is 0 Å². The first-order chi connectivity index (χ1) is 13.7. The smallest absolute Gasteiger partial charge is 0.410 e. The largest absolute Gasteiger partial charge is 0.444 e. The number of nitrogens with one attached hydrogen (secondary N) is 1. The lowest BCUT2D eigenvalue weighted by Gasteiger charge is -2.39. The van der Waals surface area contributed by atoms with Crippen molar-refractivity contribution in [3.05, 3.63) is 70.7 Å². The van der Waals surface area contributed by atoms with E-state index in [-0.39, 0.29) is 24.0 Å². The lowest BCUT2D eigenvalue weighted by atomic mass is 9.86. The minimum Gasteiger partial charge on any atom is -0.444 e. The van der Waals surface area contributed by atoms with Crippen LogP contribution < -0.4 is 5.32 Å². The zero-order chi connectivity index (χ0) is 21.0. The van der Waals surface area contributed by atoms with Gasteiger partial charge in [-0.05, 0) is 44.9 Å². The molecule has 2 aromatic carbocycles. The Balaban J connectivity index is 1.79. The maximum Gasteiger partial charge on any atom is 0.410 e. The highest BCUT2D eigenvalue weighted by molar-refractivity contribution is 6.33. The second kappa shape index (κ2) is 8.87. The SMILES string of the molecule is CC(C)(C)OC(=O)N1CCC(NC(=O)c2ccccc2Cl)C(c2ccccc2)C1. The third-order valence-electron chi connectivity index (χ3n) is 4.93. The summed E-state index contributed by atoms with van der Waals surface area (Å²) < 4.78 is 5.54. The van der Waals surface area contributed by atoms with E-state index in [1.165, 1.54) is 0 Å². The first kappa shape index (κ1) is 21.2. The van der Waals surface area contributed by atoms with Gasteiger partial charge in [0.2, 0.25) is 0 Å². The number of carbonyl (C=O) groups is 2. The third-order valence-corrected chi connectivity index (χ3v) is 5.26. The highest BCUT2D eigenvalue weighted by Gasteiger charge is 2.35. The molecule has 5 nitrogen and oxygen atoms in total. The number of nitrogens with zero attached hydrogens (tertiary/aromatic N) is 1. The van der Waals surface area contributed by atoms with Crippen molar-refractivity contribution in [2.75, 3.05) is 13.1 Å². The van der Waals surface area contributed by atoms with Crippen LogP contribution in [0.25, 0.3) is 0 Å². The molecular weight excluding hydrogens is 388 g/mol. The minimum atomic E-state index is -0.547. The highest BCUT2D eigenvalue weighted by Crippen LogP contribution is 2.29. The van der Waals surface area contributed by atoms with Gasteiger partial charge in [0.05, 0.1) is 10.6 Å². The van der Waals surface area contributed by atoms with Crippen molar-refractivity contribution in [3.8, 4) is 0 Å². The van der Waals surface area contributed by atoms with E-state index in [9.17, 15) is 9.59 Å². The van der Waals surface area contributed by atoms with Gasteiger partial charge >= 0.3 is 6.09 Å². The van der Waals surface area contributed by atoms with Crippen molar-refractivity contribution < 1.29 is 14.3 Å². The monoisotopic (exact) mass is 414 g/mol. The van der Waals surface area contributed by atoms with Crippen molar-refractivity contribution in [3.63, 3.8) is 0 Å². The van der Waals surface area contributed by atoms with Crippen molar-refractivity contribution in [2.24, 2.45) is 0 Å². The van der Waals surface area contributed by atoms with Gasteiger partial charge in [0.1, 0.15) is 5.60 Å². The fourth-order valence-electron chi connectivity index (χ4n) is 3.55. The Morgan fingerprint density at radius 3 is 2.38 bits per heavy atom. The average Bonchev–Trinajstić information content (AvgIpc) is 2.68. The van der Waals surface area contributed by atoms with Crippen LogP contribution in [0.5, 0.6) is 0 Å².